The number of benzene rings is 1. The van der Waals surface area contributed by atoms with Gasteiger partial charge < -0.3 is 9.80 Å². The molecule has 1 aliphatic heterocycles. The number of aromatic nitrogens is 1. The predicted molar refractivity (Wildman–Crippen MR) is 70.1 cm³/mol. The normalized spacial score (nSPS) is 13.9. The first-order valence-corrected chi connectivity index (χ1v) is 5.79. The van der Waals surface area contributed by atoms with E-state index >= 15 is 0 Å². The highest BCUT2D eigenvalue weighted by Gasteiger charge is 2.22. The standard InChI is InChI=1S/C14H15N3/c1-16-11-17(10-12-6-4-5-9-15-12)14-8-3-2-7-13(14)16/h2-9H,10-11H2,1H3. The van der Waals surface area contributed by atoms with Crippen molar-refractivity contribution in [2.45, 2.75) is 6.54 Å². The van der Waals surface area contributed by atoms with Crippen LogP contribution >= 0.6 is 0 Å². The molecule has 3 heteroatoms. The Bertz CT molecular complexity index is 510. The molecule has 0 aliphatic carbocycles. The maximum absolute atomic E-state index is 4.38. The molecule has 0 atom stereocenters. The minimum absolute atomic E-state index is 0.863. The van der Waals surface area contributed by atoms with Crippen LogP contribution in [0.1, 0.15) is 5.69 Å². The van der Waals surface area contributed by atoms with Gasteiger partial charge in [-0.05, 0) is 24.3 Å². The van der Waals surface area contributed by atoms with Crippen LogP contribution in [0.5, 0.6) is 0 Å². The Kier molecular flexibility index (Phi) is 2.44. The van der Waals surface area contributed by atoms with E-state index in [0.717, 1.165) is 18.9 Å². The molecular weight excluding hydrogens is 210 g/mol. The molecule has 1 aliphatic rings. The highest BCUT2D eigenvalue weighted by Crippen LogP contribution is 2.34. The second-order valence-electron chi connectivity index (χ2n) is 4.35. The van der Waals surface area contributed by atoms with Crippen LogP contribution in [0, 0.1) is 0 Å². The lowest BCUT2D eigenvalue weighted by molar-refractivity contribution is 0.798. The zero-order valence-electron chi connectivity index (χ0n) is 9.87. The third kappa shape index (κ3) is 1.84. The van der Waals surface area contributed by atoms with Crippen molar-refractivity contribution in [1.29, 1.82) is 0 Å². The van der Waals surface area contributed by atoms with E-state index in [2.05, 4.69) is 52.2 Å². The third-order valence-corrected chi connectivity index (χ3v) is 3.10. The molecule has 17 heavy (non-hydrogen) atoms. The van der Waals surface area contributed by atoms with E-state index in [1.165, 1.54) is 11.4 Å². The Labute approximate surface area is 101 Å². The monoisotopic (exact) mass is 225 g/mol. The molecule has 0 spiro atoms. The average Bonchev–Trinajstić information content (AvgIpc) is 2.69. The summed E-state index contributed by atoms with van der Waals surface area (Å²) in [6.45, 7) is 1.79. The van der Waals surface area contributed by atoms with Crippen molar-refractivity contribution in [2.24, 2.45) is 0 Å². The van der Waals surface area contributed by atoms with Gasteiger partial charge in [-0.1, -0.05) is 18.2 Å². The highest BCUT2D eigenvalue weighted by atomic mass is 15.4. The fourth-order valence-corrected chi connectivity index (χ4v) is 2.29. The lowest BCUT2D eigenvalue weighted by atomic mass is 10.2. The van der Waals surface area contributed by atoms with Crippen molar-refractivity contribution in [3.63, 3.8) is 0 Å². The number of hydrogen-bond acceptors (Lipinski definition) is 3. The Balaban J connectivity index is 1.87. The summed E-state index contributed by atoms with van der Waals surface area (Å²) in [6.07, 6.45) is 1.85. The minimum Gasteiger partial charge on any atom is -0.355 e. The molecule has 0 N–H and O–H groups in total. The fraction of sp³-hybridized carbons (Fsp3) is 0.214. The van der Waals surface area contributed by atoms with Gasteiger partial charge in [-0.3, -0.25) is 4.98 Å². The lowest BCUT2D eigenvalue weighted by Gasteiger charge is -2.18. The summed E-state index contributed by atoms with van der Waals surface area (Å²) in [5.41, 5.74) is 3.70. The number of anilines is 2. The van der Waals surface area contributed by atoms with Crippen molar-refractivity contribution in [1.82, 2.24) is 4.98 Å². The van der Waals surface area contributed by atoms with Crippen LogP contribution in [0.25, 0.3) is 0 Å². The molecule has 0 saturated heterocycles. The molecule has 86 valence electrons. The van der Waals surface area contributed by atoms with Crippen LogP contribution in [-0.4, -0.2) is 18.7 Å². The van der Waals surface area contributed by atoms with E-state index < -0.39 is 0 Å². The lowest BCUT2D eigenvalue weighted by Crippen LogP contribution is -2.27. The van der Waals surface area contributed by atoms with Crippen molar-refractivity contribution in [3.8, 4) is 0 Å². The number of hydrogen-bond donors (Lipinski definition) is 0. The van der Waals surface area contributed by atoms with Gasteiger partial charge in [-0.25, -0.2) is 0 Å². The van der Waals surface area contributed by atoms with E-state index in [1.807, 2.05) is 18.3 Å². The summed E-state index contributed by atoms with van der Waals surface area (Å²) in [6, 6.07) is 14.6. The Morgan fingerprint density at radius 2 is 1.82 bits per heavy atom. The van der Waals surface area contributed by atoms with Crippen LogP contribution < -0.4 is 9.80 Å². The fourth-order valence-electron chi connectivity index (χ4n) is 2.29. The van der Waals surface area contributed by atoms with Gasteiger partial charge in [0.15, 0.2) is 0 Å². The van der Waals surface area contributed by atoms with E-state index in [1.54, 1.807) is 0 Å². The second-order valence-corrected chi connectivity index (χ2v) is 4.35. The molecule has 1 aromatic heterocycles. The van der Waals surface area contributed by atoms with Gasteiger partial charge in [-0.15, -0.1) is 0 Å². The number of rotatable bonds is 2. The minimum atomic E-state index is 0.863. The van der Waals surface area contributed by atoms with Gasteiger partial charge >= 0.3 is 0 Å². The van der Waals surface area contributed by atoms with Crippen LogP contribution in [0.4, 0.5) is 11.4 Å². The maximum Gasteiger partial charge on any atom is 0.0905 e. The first-order chi connectivity index (χ1) is 8.34. The summed E-state index contributed by atoms with van der Waals surface area (Å²) in [7, 11) is 2.12. The molecule has 0 radical (unpaired) electrons. The summed E-state index contributed by atoms with van der Waals surface area (Å²) < 4.78 is 0. The third-order valence-electron chi connectivity index (χ3n) is 3.10. The van der Waals surface area contributed by atoms with Crippen molar-refractivity contribution in [2.75, 3.05) is 23.5 Å². The average molecular weight is 225 g/mol. The Morgan fingerprint density at radius 1 is 1.06 bits per heavy atom. The van der Waals surface area contributed by atoms with Crippen LogP contribution in [0.2, 0.25) is 0 Å². The largest absolute Gasteiger partial charge is 0.355 e. The predicted octanol–water partition coefficient (Wildman–Crippen LogP) is 2.50. The molecule has 0 bridgehead atoms. The van der Waals surface area contributed by atoms with Crippen molar-refractivity contribution in [3.05, 3.63) is 54.4 Å². The molecule has 0 fully saturated rings. The molecule has 3 nitrogen and oxygen atoms in total. The number of para-hydroxylation sites is 2. The van der Waals surface area contributed by atoms with Gasteiger partial charge in [0, 0.05) is 13.2 Å². The molecule has 0 unspecified atom stereocenters. The first kappa shape index (κ1) is 10.1. The smallest absolute Gasteiger partial charge is 0.0905 e. The molecule has 0 saturated carbocycles. The summed E-state index contributed by atoms with van der Waals surface area (Å²) in [5, 5.41) is 0. The molecule has 1 aromatic carbocycles. The summed E-state index contributed by atoms with van der Waals surface area (Å²) in [5.74, 6) is 0. The molecule has 0 amide bonds. The van der Waals surface area contributed by atoms with E-state index in [4.69, 9.17) is 0 Å². The van der Waals surface area contributed by atoms with Crippen LogP contribution in [0.15, 0.2) is 48.7 Å². The van der Waals surface area contributed by atoms with E-state index in [0.29, 0.717) is 0 Å². The van der Waals surface area contributed by atoms with Crippen molar-refractivity contribution >= 4 is 11.4 Å². The summed E-state index contributed by atoms with van der Waals surface area (Å²) in [4.78, 5) is 8.99. The SMILES string of the molecule is CN1CN(Cc2ccccn2)c2ccccc21. The zero-order chi connectivity index (χ0) is 11.7. The zero-order valence-corrected chi connectivity index (χ0v) is 9.87. The Morgan fingerprint density at radius 3 is 2.59 bits per heavy atom. The first-order valence-electron chi connectivity index (χ1n) is 5.79. The van der Waals surface area contributed by atoms with E-state index in [9.17, 15) is 0 Å². The molecule has 2 heterocycles. The quantitative estimate of drug-likeness (QED) is 0.782. The summed E-state index contributed by atoms with van der Waals surface area (Å²) >= 11 is 0. The van der Waals surface area contributed by atoms with Crippen LogP contribution in [-0.2, 0) is 6.54 Å². The topological polar surface area (TPSA) is 19.4 Å². The molecule has 3 rings (SSSR count). The molecule has 2 aromatic rings. The van der Waals surface area contributed by atoms with Gasteiger partial charge in [0.05, 0.1) is 30.3 Å². The van der Waals surface area contributed by atoms with Gasteiger partial charge in [0.2, 0.25) is 0 Å². The maximum atomic E-state index is 4.38. The molecular formula is C14H15N3. The number of nitrogens with zero attached hydrogens (tertiary/aromatic N) is 3. The van der Waals surface area contributed by atoms with Gasteiger partial charge in [0.25, 0.3) is 0 Å². The number of pyridine rings is 1. The van der Waals surface area contributed by atoms with Gasteiger partial charge in [-0.2, -0.15) is 0 Å². The van der Waals surface area contributed by atoms with E-state index in [-0.39, 0.29) is 0 Å². The van der Waals surface area contributed by atoms with Crippen molar-refractivity contribution < 1.29 is 0 Å². The van der Waals surface area contributed by atoms with Gasteiger partial charge in [0.1, 0.15) is 0 Å². The number of fused-ring (bicyclic) bond motifs is 1. The van der Waals surface area contributed by atoms with Crippen LogP contribution in [0.3, 0.4) is 0 Å². The highest BCUT2D eigenvalue weighted by molar-refractivity contribution is 5.75. The second kappa shape index (κ2) is 4.09. The Hall–Kier alpha value is -2.03.